The van der Waals surface area contributed by atoms with Crippen LogP contribution in [0.2, 0.25) is 0 Å². The standard InChI is InChI=1S/C8H15N5O2/c1-5(2)7(8(14)15)9-4-6-10-12-13(3)11-6/h5,7,9H,4H2,1-3H3,(H,14,15). The maximum atomic E-state index is 10.8. The van der Waals surface area contributed by atoms with Crippen LogP contribution in [-0.2, 0) is 18.4 Å². The van der Waals surface area contributed by atoms with Gasteiger partial charge in [-0.05, 0) is 11.1 Å². The van der Waals surface area contributed by atoms with Gasteiger partial charge >= 0.3 is 5.97 Å². The second kappa shape index (κ2) is 4.83. The predicted octanol–water partition coefficient (Wildman–Crippen LogP) is -0.591. The van der Waals surface area contributed by atoms with Crippen LogP contribution < -0.4 is 5.32 Å². The molecule has 1 aromatic rings. The molecule has 0 fully saturated rings. The van der Waals surface area contributed by atoms with E-state index in [9.17, 15) is 4.79 Å². The molecule has 0 aliphatic heterocycles. The Balaban J connectivity index is 2.50. The van der Waals surface area contributed by atoms with Crippen molar-refractivity contribution in [2.75, 3.05) is 0 Å². The zero-order chi connectivity index (χ0) is 11.4. The van der Waals surface area contributed by atoms with Crippen molar-refractivity contribution in [1.29, 1.82) is 0 Å². The van der Waals surface area contributed by atoms with E-state index in [1.807, 2.05) is 13.8 Å². The number of carboxylic acids is 1. The lowest BCUT2D eigenvalue weighted by Crippen LogP contribution is -2.40. The van der Waals surface area contributed by atoms with Crippen LogP contribution in [0.4, 0.5) is 0 Å². The molecule has 84 valence electrons. The van der Waals surface area contributed by atoms with Gasteiger partial charge in [-0.3, -0.25) is 10.1 Å². The third-order valence-corrected chi connectivity index (χ3v) is 1.96. The van der Waals surface area contributed by atoms with E-state index in [2.05, 4.69) is 20.7 Å². The van der Waals surface area contributed by atoms with Gasteiger partial charge in [0.05, 0.1) is 13.6 Å². The van der Waals surface area contributed by atoms with Crippen LogP contribution in [0, 0.1) is 5.92 Å². The topological polar surface area (TPSA) is 92.9 Å². The Labute approximate surface area is 87.5 Å². The monoisotopic (exact) mass is 213 g/mol. The van der Waals surface area contributed by atoms with Gasteiger partial charge in [0, 0.05) is 0 Å². The summed E-state index contributed by atoms with van der Waals surface area (Å²) in [4.78, 5) is 12.2. The van der Waals surface area contributed by atoms with Crippen molar-refractivity contribution in [2.24, 2.45) is 13.0 Å². The highest BCUT2D eigenvalue weighted by Crippen LogP contribution is 2.02. The summed E-state index contributed by atoms with van der Waals surface area (Å²) in [6.07, 6.45) is 0. The first kappa shape index (κ1) is 11.6. The first-order chi connectivity index (χ1) is 7.00. The van der Waals surface area contributed by atoms with Crippen LogP contribution in [0.25, 0.3) is 0 Å². The minimum Gasteiger partial charge on any atom is -0.480 e. The van der Waals surface area contributed by atoms with Crippen molar-refractivity contribution >= 4 is 5.97 Å². The largest absolute Gasteiger partial charge is 0.480 e. The van der Waals surface area contributed by atoms with Crippen molar-refractivity contribution in [2.45, 2.75) is 26.4 Å². The summed E-state index contributed by atoms with van der Waals surface area (Å²) in [6, 6.07) is -0.589. The van der Waals surface area contributed by atoms with Crippen LogP contribution in [-0.4, -0.2) is 37.3 Å². The van der Waals surface area contributed by atoms with Gasteiger partial charge in [0.1, 0.15) is 6.04 Å². The van der Waals surface area contributed by atoms with Crippen LogP contribution in [0.5, 0.6) is 0 Å². The number of hydrogen-bond donors (Lipinski definition) is 2. The summed E-state index contributed by atoms with van der Waals surface area (Å²) in [5.74, 6) is -0.363. The average Bonchev–Trinajstić information content (AvgIpc) is 2.50. The number of nitrogens with one attached hydrogen (secondary N) is 1. The molecule has 7 heteroatoms. The van der Waals surface area contributed by atoms with Crippen molar-refractivity contribution < 1.29 is 9.90 Å². The van der Waals surface area contributed by atoms with Gasteiger partial charge in [-0.15, -0.1) is 10.2 Å². The molecule has 0 aliphatic rings. The molecule has 2 N–H and O–H groups in total. The molecule has 0 amide bonds. The van der Waals surface area contributed by atoms with Gasteiger partial charge in [0.25, 0.3) is 0 Å². The molecule has 0 radical (unpaired) electrons. The van der Waals surface area contributed by atoms with Crippen LogP contribution in [0.15, 0.2) is 0 Å². The number of tetrazole rings is 1. The number of carbonyl (C=O) groups is 1. The van der Waals surface area contributed by atoms with Gasteiger partial charge in [0.15, 0.2) is 5.82 Å². The number of nitrogens with zero attached hydrogens (tertiary/aromatic N) is 4. The lowest BCUT2D eigenvalue weighted by Gasteiger charge is -2.16. The molecular formula is C8H15N5O2. The van der Waals surface area contributed by atoms with E-state index in [1.54, 1.807) is 7.05 Å². The minimum absolute atomic E-state index is 0.0131. The maximum absolute atomic E-state index is 10.8. The Bertz CT molecular complexity index is 336. The van der Waals surface area contributed by atoms with Crippen molar-refractivity contribution in [3.8, 4) is 0 Å². The van der Waals surface area contributed by atoms with E-state index in [0.29, 0.717) is 12.4 Å². The van der Waals surface area contributed by atoms with E-state index >= 15 is 0 Å². The SMILES string of the molecule is CC(C)C(NCc1nnn(C)n1)C(=O)O. The molecule has 15 heavy (non-hydrogen) atoms. The molecule has 1 heterocycles. The van der Waals surface area contributed by atoms with E-state index in [0.717, 1.165) is 0 Å². The highest BCUT2D eigenvalue weighted by molar-refractivity contribution is 5.73. The second-order valence-corrected chi connectivity index (χ2v) is 3.64. The fourth-order valence-electron chi connectivity index (χ4n) is 1.20. The van der Waals surface area contributed by atoms with Crippen LogP contribution in [0.3, 0.4) is 0 Å². The molecule has 0 saturated carbocycles. The Morgan fingerprint density at radius 2 is 2.27 bits per heavy atom. The zero-order valence-corrected chi connectivity index (χ0v) is 9.01. The van der Waals surface area contributed by atoms with Gasteiger partial charge < -0.3 is 5.11 Å². The Hall–Kier alpha value is -1.50. The number of carboxylic acid groups (broad SMARTS) is 1. The number of rotatable bonds is 5. The first-order valence-electron chi connectivity index (χ1n) is 4.69. The van der Waals surface area contributed by atoms with Crippen molar-refractivity contribution in [3.05, 3.63) is 5.82 Å². The number of hydrogen-bond acceptors (Lipinski definition) is 5. The zero-order valence-electron chi connectivity index (χ0n) is 9.01. The van der Waals surface area contributed by atoms with E-state index < -0.39 is 12.0 Å². The molecule has 0 saturated heterocycles. The summed E-state index contributed by atoms with van der Waals surface area (Å²) < 4.78 is 0. The second-order valence-electron chi connectivity index (χ2n) is 3.64. The molecule has 1 unspecified atom stereocenters. The molecule has 0 aliphatic carbocycles. The molecule has 0 aromatic carbocycles. The lowest BCUT2D eigenvalue weighted by atomic mass is 10.1. The molecule has 0 spiro atoms. The predicted molar refractivity (Wildman–Crippen MR) is 51.9 cm³/mol. The maximum Gasteiger partial charge on any atom is 0.320 e. The minimum atomic E-state index is -0.867. The van der Waals surface area contributed by atoms with Crippen LogP contribution >= 0.6 is 0 Å². The van der Waals surface area contributed by atoms with Crippen molar-refractivity contribution in [3.63, 3.8) is 0 Å². The number of aryl methyl sites for hydroxylation is 1. The normalized spacial score (nSPS) is 13.1. The summed E-state index contributed by atoms with van der Waals surface area (Å²) >= 11 is 0. The van der Waals surface area contributed by atoms with E-state index in [4.69, 9.17) is 5.11 Å². The van der Waals surface area contributed by atoms with Gasteiger partial charge in [0.2, 0.25) is 0 Å². The van der Waals surface area contributed by atoms with E-state index in [-0.39, 0.29) is 5.92 Å². The molecule has 0 bridgehead atoms. The fraction of sp³-hybridized carbons (Fsp3) is 0.750. The smallest absolute Gasteiger partial charge is 0.320 e. The summed E-state index contributed by atoms with van der Waals surface area (Å²) in [5.41, 5.74) is 0. The molecular weight excluding hydrogens is 198 g/mol. The number of aliphatic carboxylic acids is 1. The van der Waals surface area contributed by atoms with Gasteiger partial charge in [-0.25, -0.2) is 0 Å². The van der Waals surface area contributed by atoms with Gasteiger partial charge in [-0.1, -0.05) is 13.8 Å². The summed E-state index contributed by atoms with van der Waals surface area (Å²) in [6.45, 7) is 3.99. The molecule has 7 nitrogen and oxygen atoms in total. The average molecular weight is 213 g/mol. The lowest BCUT2D eigenvalue weighted by molar-refractivity contribution is -0.140. The summed E-state index contributed by atoms with van der Waals surface area (Å²) in [7, 11) is 1.66. The highest BCUT2D eigenvalue weighted by atomic mass is 16.4. The first-order valence-corrected chi connectivity index (χ1v) is 4.69. The fourth-order valence-corrected chi connectivity index (χ4v) is 1.20. The quantitative estimate of drug-likeness (QED) is 0.679. The van der Waals surface area contributed by atoms with E-state index in [1.165, 1.54) is 4.80 Å². The summed E-state index contributed by atoms with van der Waals surface area (Å²) in [5, 5.41) is 23.1. The number of aromatic nitrogens is 4. The Morgan fingerprint density at radius 3 is 2.67 bits per heavy atom. The third kappa shape index (κ3) is 3.28. The molecule has 1 aromatic heterocycles. The molecule has 1 rings (SSSR count). The van der Waals surface area contributed by atoms with Crippen molar-refractivity contribution in [1.82, 2.24) is 25.5 Å². The molecule has 1 atom stereocenters. The highest BCUT2D eigenvalue weighted by Gasteiger charge is 2.20. The Morgan fingerprint density at radius 1 is 1.60 bits per heavy atom. The third-order valence-electron chi connectivity index (χ3n) is 1.96. The Kier molecular flexibility index (Phi) is 3.73. The van der Waals surface area contributed by atoms with Gasteiger partial charge in [-0.2, -0.15) is 4.80 Å². The van der Waals surface area contributed by atoms with Crippen LogP contribution in [0.1, 0.15) is 19.7 Å².